The van der Waals surface area contributed by atoms with Gasteiger partial charge in [0.2, 0.25) is 0 Å². The first kappa shape index (κ1) is 22.5. The number of ether oxygens (including phenoxy) is 1. The van der Waals surface area contributed by atoms with Crippen molar-refractivity contribution in [1.82, 2.24) is 9.91 Å². The van der Waals surface area contributed by atoms with E-state index in [0.29, 0.717) is 24.6 Å². The zero-order valence-electron chi connectivity index (χ0n) is 18.2. The van der Waals surface area contributed by atoms with Gasteiger partial charge in [0.25, 0.3) is 5.91 Å². The summed E-state index contributed by atoms with van der Waals surface area (Å²) in [6.07, 6.45) is 2.27. The molecule has 2 aromatic carbocycles. The summed E-state index contributed by atoms with van der Waals surface area (Å²) in [4.78, 5) is 27.6. The molecule has 2 atom stereocenters. The van der Waals surface area contributed by atoms with Crippen molar-refractivity contribution >= 4 is 29.2 Å². The molecule has 2 aromatic rings. The van der Waals surface area contributed by atoms with Crippen molar-refractivity contribution in [1.29, 1.82) is 0 Å². The van der Waals surface area contributed by atoms with Gasteiger partial charge in [-0.3, -0.25) is 14.5 Å². The second-order valence-electron chi connectivity index (χ2n) is 8.22. The number of nitrogens with zero attached hydrogens (tertiary/aromatic N) is 3. The predicted molar refractivity (Wildman–Crippen MR) is 124 cm³/mol. The Kier molecular flexibility index (Phi) is 7.22. The van der Waals surface area contributed by atoms with Crippen LogP contribution in [0.2, 0.25) is 5.02 Å². The first-order chi connectivity index (χ1) is 15.6. The van der Waals surface area contributed by atoms with E-state index < -0.39 is 0 Å². The molecule has 0 bridgehead atoms. The Bertz CT molecular complexity index is 995. The molecule has 1 fully saturated rings. The van der Waals surface area contributed by atoms with E-state index >= 15 is 0 Å². The van der Waals surface area contributed by atoms with Crippen molar-refractivity contribution in [2.75, 3.05) is 26.2 Å². The van der Waals surface area contributed by atoms with Crippen LogP contribution in [-0.2, 0) is 14.3 Å². The molecule has 0 N–H and O–H groups in total. The summed E-state index contributed by atoms with van der Waals surface area (Å²) >= 11 is 6.42. The number of carbonyl (C=O) groups excluding carboxylic acids is 2. The number of benzene rings is 2. The number of hydrazone groups is 1. The molecular formula is C25H28ClN3O3. The lowest BCUT2D eigenvalue weighted by atomic mass is 9.97. The van der Waals surface area contributed by atoms with Gasteiger partial charge in [-0.15, -0.1) is 0 Å². The van der Waals surface area contributed by atoms with Gasteiger partial charge in [-0.05, 0) is 37.9 Å². The number of rotatable bonds is 6. The molecule has 32 heavy (non-hydrogen) atoms. The van der Waals surface area contributed by atoms with Gasteiger partial charge >= 0.3 is 5.97 Å². The van der Waals surface area contributed by atoms with E-state index in [-0.39, 0.29) is 30.4 Å². The summed E-state index contributed by atoms with van der Waals surface area (Å²) in [6, 6.07) is 17.4. The standard InChI is InChI=1S/C25H28ClN3O3/c1-2-32-25(31)19-11-8-14-28(16-19)17-24(30)29-23(18-9-4-3-5-10-18)15-22(27-29)20-12-6-7-13-21(20)26/h3-7,9-10,12-13,19,23H,2,8,11,14-17H2,1H3/t19-,23+/m1/s1. The van der Waals surface area contributed by atoms with Crippen LogP contribution in [0.1, 0.15) is 43.4 Å². The highest BCUT2D eigenvalue weighted by Gasteiger charge is 2.35. The topological polar surface area (TPSA) is 62.2 Å². The molecule has 1 amide bonds. The Morgan fingerprint density at radius 3 is 2.62 bits per heavy atom. The fraction of sp³-hybridized carbons (Fsp3) is 0.400. The van der Waals surface area contributed by atoms with E-state index in [2.05, 4.69) is 0 Å². The van der Waals surface area contributed by atoms with Gasteiger partial charge in [0.15, 0.2) is 0 Å². The molecule has 2 aliphatic heterocycles. The number of likely N-dealkylation sites (tertiary alicyclic amines) is 1. The third kappa shape index (κ3) is 5.03. The van der Waals surface area contributed by atoms with Crippen molar-refractivity contribution in [3.05, 3.63) is 70.7 Å². The van der Waals surface area contributed by atoms with Gasteiger partial charge in [-0.1, -0.05) is 60.1 Å². The molecular weight excluding hydrogens is 426 g/mol. The summed E-state index contributed by atoms with van der Waals surface area (Å²) in [7, 11) is 0. The summed E-state index contributed by atoms with van der Waals surface area (Å²) in [5, 5.41) is 6.95. The smallest absolute Gasteiger partial charge is 0.310 e. The van der Waals surface area contributed by atoms with Crippen LogP contribution in [0.5, 0.6) is 0 Å². The molecule has 4 rings (SSSR count). The molecule has 0 aliphatic carbocycles. The van der Waals surface area contributed by atoms with Gasteiger partial charge in [-0.2, -0.15) is 5.10 Å². The number of hydrogen-bond acceptors (Lipinski definition) is 5. The fourth-order valence-corrected chi connectivity index (χ4v) is 4.69. The lowest BCUT2D eigenvalue weighted by Gasteiger charge is -2.32. The van der Waals surface area contributed by atoms with Gasteiger partial charge < -0.3 is 4.74 Å². The highest BCUT2D eigenvalue weighted by molar-refractivity contribution is 6.34. The summed E-state index contributed by atoms with van der Waals surface area (Å²) in [6.45, 7) is 3.73. The van der Waals surface area contributed by atoms with E-state index in [4.69, 9.17) is 21.4 Å². The molecule has 0 saturated carbocycles. The second kappa shape index (κ2) is 10.3. The molecule has 7 heteroatoms. The van der Waals surface area contributed by atoms with Gasteiger partial charge in [0.05, 0.1) is 30.8 Å². The van der Waals surface area contributed by atoms with Crippen LogP contribution in [-0.4, -0.2) is 53.7 Å². The molecule has 0 aromatic heterocycles. The molecule has 6 nitrogen and oxygen atoms in total. The first-order valence-corrected chi connectivity index (χ1v) is 11.5. The zero-order valence-corrected chi connectivity index (χ0v) is 19.0. The number of halogens is 1. The van der Waals surface area contributed by atoms with Crippen molar-refractivity contribution in [2.24, 2.45) is 11.0 Å². The third-order valence-electron chi connectivity index (χ3n) is 6.02. The Morgan fingerprint density at radius 2 is 1.88 bits per heavy atom. The van der Waals surface area contributed by atoms with Crippen molar-refractivity contribution in [2.45, 2.75) is 32.2 Å². The Hall–Kier alpha value is -2.70. The van der Waals surface area contributed by atoms with E-state index in [0.717, 1.165) is 36.2 Å². The van der Waals surface area contributed by atoms with Gasteiger partial charge in [0, 0.05) is 23.6 Å². The Labute approximate surface area is 193 Å². The number of carbonyl (C=O) groups is 2. The summed E-state index contributed by atoms with van der Waals surface area (Å²) < 4.78 is 5.19. The zero-order chi connectivity index (χ0) is 22.5. The summed E-state index contributed by atoms with van der Waals surface area (Å²) in [5.74, 6) is -0.431. The number of hydrogen-bond donors (Lipinski definition) is 0. The molecule has 2 aliphatic rings. The van der Waals surface area contributed by atoms with Crippen LogP contribution in [0.3, 0.4) is 0 Å². The average Bonchev–Trinajstić information content (AvgIpc) is 3.26. The van der Waals surface area contributed by atoms with Crippen molar-refractivity contribution < 1.29 is 14.3 Å². The lowest BCUT2D eigenvalue weighted by Crippen LogP contribution is -2.44. The molecule has 168 valence electrons. The van der Waals surface area contributed by atoms with Crippen LogP contribution >= 0.6 is 11.6 Å². The quantitative estimate of drug-likeness (QED) is 0.612. The molecule has 0 unspecified atom stereocenters. The summed E-state index contributed by atoms with van der Waals surface area (Å²) in [5.41, 5.74) is 2.70. The number of amides is 1. The highest BCUT2D eigenvalue weighted by atomic mass is 35.5. The molecule has 1 saturated heterocycles. The minimum Gasteiger partial charge on any atom is -0.466 e. The van der Waals surface area contributed by atoms with Crippen LogP contribution in [0.4, 0.5) is 0 Å². The molecule has 0 spiro atoms. The maximum absolute atomic E-state index is 13.4. The first-order valence-electron chi connectivity index (χ1n) is 11.1. The SMILES string of the molecule is CCOC(=O)[C@@H]1CCCN(CC(=O)N2N=C(c3ccccc3Cl)C[C@H]2c2ccccc2)C1. The van der Waals surface area contributed by atoms with Gasteiger partial charge in [0.1, 0.15) is 0 Å². The Morgan fingerprint density at radius 1 is 1.12 bits per heavy atom. The van der Waals surface area contributed by atoms with Gasteiger partial charge in [-0.25, -0.2) is 5.01 Å². The van der Waals surface area contributed by atoms with Crippen LogP contribution < -0.4 is 0 Å². The van der Waals surface area contributed by atoms with E-state index in [1.807, 2.05) is 66.4 Å². The fourth-order valence-electron chi connectivity index (χ4n) is 4.45. The number of esters is 1. The van der Waals surface area contributed by atoms with E-state index in [1.165, 1.54) is 0 Å². The van der Waals surface area contributed by atoms with Crippen LogP contribution in [0.25, 0.3) is 0 Å². The van der Waals surface area contributed by atoms with Crippen molar-refractivity contribution in [3.63, 3.8) is 0 Å². The maximum atomic E-state index is 13.4. The second-order valence-corrected chi connectivity index (χ2v) is 8.63. The molecule has 0 radical (unpaired) electrons. The minimum absolute atomic E-state index is 0.0783. The average molecular weight is 454 g/mol. The largest absolute Gasteiger partial charge is 0.466 e. The normalized spacial score (nSPS) is 21.3. The monoisotopic (exact) mass is 453 g/mol. The highest BCUT2D eigenvalue weighted by Crippen LogP contribution is 2.34. The van der Waals surface area contributed by atoms with E-state index in [9.17, 15) is 9.59 Å². The van der Waals surface area contributed by atoms with Crippen LogP contribution in [0, 0.1) is 5.92 Å². The maximum Gasteiger partial charge on any atom is 0.310 e. The molecule has 2 heterocycles. The number of piperidine rings is 1. The van der Waals surface area contributed by atoms with Crippen LogP contribution in [0.15, 0.2) is 59.7 Å². The third-order valence-corrected chi connectivity index (χ3v) is 6.35. The Balaban J connectivity index is 1.53. The van der Waals surface area contributed by atoms with Crippen molar-refractivity contribution in [3.8, 4) is 0 Å². The lowest BCUT2D eigenvalue weighted by molar-refractivity contribution is -0.150. The predicted octanol–water partition coefficient (Wildman–Crippen LogP) is 4.29. The minimum atomic E-state index is -0.180. The van der Waals surface area contributed by atoms with E-state index in [1.54, 1.807) is 5.01 Å².